The maximum absolute atomic E-state index is 12.0. The highest BCUT2D eigenvalue weighted by Gasteiger charge is 2.49. The highest BCUT2D eigenvalue weighted by atomic mass is 31.3. The third-order valence-electron chi connectivity index (χ3n) is 4.07. The van der Waals surface area contributed by atoms with E-state index in [1.54, 1.807) is 0 Å². The zero-order valence-electron chi connectivity index (χ0n) is 15.4. The highest BCUT2D eigenvalue weighted by Crippen LogP contribution is 2.58. The maximum atomic E-state index is 12.0. The number of carbonyl (C=O) groups is 2. The van der Waals surface area contributed by atoms with Gasteiger partial charge in [-0.2, -0.15) is 0 Å². The zero-order valence-corrected chi connectivity index (χ0v) is 18.1. The van der Waals surface area contributed by atoms with Gasteiger partial charge in [0.1, 0.15) is 39.6 Å². The Morgan fingerprint density at radius 3 is 2.26 bits per heavy atom. The fourth-order valence-corrected chi connectivity index (χ4v) is 7.09. The van der Waals surface area contributed by atoms with E-state index in [4.69, 9.17) is 9.47 Å². The molecule has 7 unspecified atom stereocenters. The van der Waals surface area contributed by atoms with Crippen LogP contribution in [0.2, 0.25) is 0 Å². The van der Waals surface area contributed by atoms with Gasteiger partial charge in [0.05, 0.1) is 33.4 Å². The van der Waals surface area contributed by atoms with Gasteiger partial charge in [-0.15, -0.1) is 0 Å². The minimum atomic E-state index is -6.04. The smallest absolute Gasteiger partial charge is 0.292 e. The summed E-state index contributed by atoms with van der Waals surface area (Å²) in [4.78, 5) is 67.4. The van der Waals surface area contributed by atoms with Crippen LogP contribution < -0.4 is 24.9 Å². The molecule has 2 amide bonds. The van der Waals surface area contributed by atoms with Gasteiger partial charge < -0.3 is 61.8 Å². The zero-order chi connectivity index (χ0) is 23.8. The van der Waals surface area contributed by atoms with E-state index in [0.29, 0.717) is 0 Å². The lowest BCUT2D eigenvalue weighted by Gasteiger charge is -2.38. The third kappa shape index (κ3) is 6.99. The Kier molecular flexibility index (Phi) is 8.03. The molecule has 0 spiro atoms. The van der Waals surface area contributed by atoms with Gasteiger partial charge in [0, 0.05) is 0 Å². The number of hydrogen-bond acceptors (Lipinski definition) is 15. The lowest BCUT2D eigenvalue weighted by molar-refractivity contribution is -0.337. The summed E-state index contributed by atoms with van der Waals surface area (Å²) in [6, 6.07) is 0. The van der Waals surface area contributed by atoms with Crippen molar-refractivity contribution in [3.63, 3.8) is 0 Å². The second-order valence-corrected chi connectivity index (χ2v) is 11.8. The molecule has 19 heteroatoms. The van der Waals surface area contributed by atoms with Crippen molar-refractivity contribution in [1.82, 2.24) is 5.32 Å². The van der Waals surface area contributed by atoms with Crippen molar-refractivity contribution in [2.45, 2.75) is 24.4 Å². The molecular formula is C12H16NO15P3-4. The van der Waals surface area contributed by atoms with Crippen molar-refractivity contribution in [3.05, 3.63) is 11.8 Å². The molecule has 2 aliphatic rings. The number of carbonyl (C=O) groups excluding carboxylic acids is 2. The number of aliphatic hydroxyl groups excluding tert-OH is 2. The van der Waals surface area contributed by atoms with E-state index in [-0.39, 0.29) is 5.76 Å². The van der Waals surface area contributed by atoms with Crippen molar-refractivity contribution in [2.24, 2.45) is 5.92 Å². The van der Waals surface area contributed by atoms with Crippen LogP contribution in [0.5, 0.6) is 0 Å². The van der Waals surface area contributed by atoms with E-state index in [2.05, 4.69) is 8.83 Å². The predicted octanol–water partition coefficient (Wildman–Crippen LogP) is -4.80. The van der Waals surface area contributed by atoms with Gasteiger partial charge >= 0.3 is 0 Å². The van der Waals surface area contributed by atoms with Crippen LogP contribution in [0.15, 0.2) is 11.8 Å². The van der Waals surface area contributed by atoms with Gasteiger partial charge in [-0.25, -0.2) is 0 Å². The Morgan fingerprint density at radius 1 is 1.10 bits per heavy atom. The average molecular weight is 507 g/mol. The van der Waals surface area contributed by atoms with Gasteiger partial charge in [-0.1, -0.05) is 0 Å². The van der Waals surface area contributed by atoms with Crippen LogP contribution in [0.3, 0.4) is 0 Å². The van der Waals surface area contributed by atoms with Crippen molar-refractivity contribution in [3.8, 4) is 0 Å². The van der Waals surface area contributed by atoms with Crippen molar-refractivity contribution in [2.75, 3.05) is 19.6 Å². The summed E-state index contributed by atoms with van der Waals surface area (Å²) in [6.07, 6.45) is -5.57. The first-order valence-corrected chi connectivity index (χ1v) is 13.1. The molecule has 3 N–H and O–H groups in total. The minimum absolute atomic E-state index is 0.279. The first-order valence-electron chi connectivity index (χ1n) is 8.16. The molecule has 2 rings (SSSR count). The number of phosphoric acid groups is 1. The molecular weight excluding hydrogens is 491 g/mol. The molecule has 7 atom stereocenters. The van der Waals surface area contributed by atoms with Crippen LogP contribution >= 0.6 is 23.0 Å². The molecule has 0 aromatic rings. The van der Waals surface area contributed by atoms with E-state index in [0.717, 1.165) is 13.2 Å². The Labute approximate surface area is 174 Å². The summed E-state index contributed by atoms with van der Waals surface area (Å²) < 4.78 is 51.0. The molecule has 178 valence electrons. The summed E-state index contributed by atoms with van der Waals surface area (Å²) in [7, 11) is -15.9. The van der Waals surface area contributed by atoms with Crippen LogP contribution in [-0.2, 0) is 41.6 Å². The number of methoxy groups -OCH3 is 1. The Hall–Kier alpha value is -0.990. The average Bonchev–Trinajstić information content (AvgIpc) is 2.85. The molecule has 16 nitrogen and oxygen atoms in total. The molecule has 1 saturated heterocycles. The summed E-state index contributed by atoms with van der Waals surface area (Å²) in [6.45, 7) is -1.05. The second-order valence-electron chi connectivity index (χ2n) is 6.39. The molecule has 1 fully saturated rings. The second kappa shape index (κ2) is 9.48. The van der Waals surface area contributed by atoms with Crippen molar-refractivity contribution in [1.29, 1.82) is 0 Å². The minimum Gasteiger partial charge on any atom is -0.790 e. The Bertz CT molecular complexity index is 898. The van der Waals surface area contributed by atoms with Gasteiger partial charge in [-0.3, -0.25) is 14.9 Å². The van der Waals surface area contributed by atoms with Gasteiger partial charge in [0.25, 0.3) is 5.91 Å². The summed E-state index contributed by atoms with van der Waals surface area (Å²) >= 11 is 0. The predicted molar refractivity (Wildman–Crippen MR) is 87.1 cm³/mol. The van der Waals surface area contributed by atoms with Crippen LogP contribution in [0.1, 0.15) is 0 Å². The fraction of sp³-hybridized carbons (Fsp3) is 0.667. The van der Waals surface area contributed by atoms with Crippen LogP contribution in [0.4, 0.5) is 0 Å². The Morgan fingerprint density at radius 2 is 1.71 bits per heavy atom. The van der Waals surface area contributed by atoms with Gasteiger partial charge in [0.2, 0.25) is 5.91 Å². The normalized spacial score (nSPS) is 33.3. The Balaban J connectivity index is 2.05. The number of aliphatic hydroxyl groups is 2. The lowest BCUT2D eigenvalue weighted by Crippen LogP contribution is -2.48. The lowest BCUT2D eigenvalue weighted by atomic mass is 9.92. The largest absolute Gasteiger partial charge is 0.790 e. The molecule has 31 heavy (non-hydrogen) atoms. The van der Waals surface area contributed by atoms with Crippen molar-refractivity contribution >= 4 is 34.8 Å². The number of amides is 2. The first-order chi connectivity index (χ1) is 14.1. The maximum Gasteiger partial charge on any atom is 0.292 e. The number of hydrogen-bond donors (Lipinski definition) is 3. The quantitative estimate of drug-likeness (QED) is 0.195. The van der Waals surface area contributed by atoms with Crippen LogP contribution in [0.25, 0.3) is 0 Å². The SMILES string of the molecule is COC1=CC(C2OC(COP(=O)([O-])CP(=O)([O-])OP(=O)([O-])[O-])C(O)C2O)C(=O)NC1=O. The van der Waals surface area contributed by atoms with Crippen LogP contribution in [0, 0.1) is 5.92 Å². The van der Waals surface area contributed by atoms with E-state index in [1.807, 2.05) is 5.32 Å². The van der Waals surface area contributed by atoms with Gasteiger partial charge in [-0.05, 0) is 6.08 Å². The van der Waals surface area contributed by atoms with E-state index < -0.39 is 77.7 Å². The van der Waals surface area contributed by atoms with E-state index in [1.165, 1.54) is 0 Å². The molecule has 0 aliphatic carbocycles. The molecule has 0 radical (unpaired) electrons. The summed E-state index contributed by atoms with van der Waals surface area (Å²) in [5.41, 5.74) is 0. The number of imide groups is 1. The monoisotopic (exact) mass is 507 g/mol. The summed E-state index contributed by atoms with van der Waals surface area (Å²) in [5, 5.41) is 22.1. The van der Waals surface area contributed by atoms with E-state index in [9.17, 15) is 53.1 Å². The topological polar surface area (TPSA) is 267 Å². The van der Waals surface area contributed by atoms with Crippen LogP contribution in [-0.4, -0.2) is 66.1 Å². The van der Waals surface area contributed by atoms with Gasteiger partial charge in [0.15, 0.2) is 5.76 Å². The first kappa shape index (κ1) is 26.3. The number of ether oxygens (including phenoxy) is 2. The molecule has 0 aromatic heterocycles. The molecule has 0 bridgehead atoms. The molecule has 2 aliphatic heterocycles. The van der Waals surface area contributed by atoms with Crippen molar-refractivity contribution < 1.29 is 71.4 Å². The molecule has 0 aromatic carbocycles. The number of nitrogens with one attached hydrogen (secondary N) is 1. The number of rotatable bonds is 9. The molecule has 2 heterocycles. The standard InChI is InChI=1S/C12H20NO15P3/c1-25-6-2-5(11(16)13-12(6)17)10-9(15)8(14)7(27-10)3-26-29(18,19)4-30(20,21)28-31(22,23)24/h2,5,7-10,14-15H,3-4H2,1H3,(H,18,19)(H,20,21)(H,13,16,17)(H2,22,23,24)/p-4. The van der Waals surface area contributed by atoms with E-state index >= 15 is 0 Å². The highest BCUT2D eigenvalue weighted by molar-refractivity contribution is 7.72. The summed E-state index contributed by atoms with van der Waals surface area (Å²) in [5.74, 6) is -5.34. The third-order valence-corrected chi connectivity index (χ3v) is 9.18. The fourth-order valence-electron chi connectivity index (χ4n) is 2.81. The molecule has 0 saturated carbocycles.